The molecule has 7 nitrogen and oxygen atoms in total. The van der Waals surface area contributed by atoms with E-state index in [9.17, 15) is 19.1 Å². The highest BCUT2D eigenvalue weighted by molar-refractivity contribution is 9.10. The fraction of sp³-hybridized carbons (Fsp3) is 0.136. The first kappa shape index (κ1) is 23.7. The van der Waals surface area contributed by atoms with Crippen molar-refractivity contribution in [1.82, 2.24) is 5.32 Å². The topological polar surface area (TPSA) is 114 Å². The summed E-state index contributed by atoms with van der Waals surface area (Å²) in [6.07, 6.45) is 4.45. The van der Waals surface area contributed by atoms with Crippen molar-refractivity contribution in [3.63, 3.8) is 0 Å². The third-order valence-electron chi connectivity index (χ3n) is 4.85. The molecule has 0 heterocycles. The lowest BCUT2D eigenvalue weighted by molar-refractivity contribution is -0.148. The van der Waals surface area contributed by atoms with Gasteiger partial charge in [0.1, 0.15) is 10.8 Å². The zero-order valence-corrected chi connectivity index (χ0v) is 19.2. The Bertz CT molecular complexity index is 1160. The molecule has 0 saturated heterocycles. The van der Waals surface area contributed by atoms with E-state index in [0.29, 0.717) is 16.8 Å². The second kappa shape index (κ2) is 9.29. The van der Waals surface area contributed by atoms with Crippen LogP contribution in [0.25, 0.3) is 5.57 Å². The molecule has 32 heavy (non-hydrogen) atoms. The van der Waals surface area contributed by atoms with Crippen molar-refractivity contribution in [2.24, 2.45) is 5.73 Å². The average molecular weight is 520 g/mol. The lowest BCUT2D eigenvalue weighted by Gasteiger charge is -2.41. The molecular formula is C22H19BrFN3O4S. The summed E-state index contributed by atoms with van der Waals surface area (Å²) < 4.78 is 17.7. The molecule has 3 rings (SSSR count). The van der Waals surface area contributed by atoms with Gasteiger partial charge in [0.15, 0.2) is 4.32 Å². The Morgan fingerprint density at radius 1 is 1.19 bits per heavy atom. The molecule has 3 amide bonds. The lowest BCUT2D eigenvalue weighted by atomic mass is 9.86. The molecule has 1 aliphatic carbocycles. The van der Waals surface area contributed by atoms with Gasteiger partial charge in [-0.15, -0.1) is 0 Å². The SMILES string of the molecule is COC1(O)C=CC(c2ccccc2NC(=O)c2ccccc2F)=CC1(Br)C(=S)NC(N)=O. The molecule has 0 bridgehead atoms. The van der Waals surface area contributed by atoms with Crippen molar-refractivity contribution in [2.75, 3.05) is 12.4 Å². The monoisotopic (exact) mass is 519 g/mol. The first-order chi connectivity index (χ1) is 15.1. The molecule has 0 aromatic heterocycles. The maximum atomic E-state index is 14.0. The molecule has 0 fully saturated rings. The Morgan fingerprint density at radius 2 is 1.84 bits per heavy atom. The second-order valence-electron chi connectivity index (χ2n) is 6.84. The van der Waals surface area contributed by atoms with Crippen molar-refractivity contribution in [3.05, 3.63) is 83.7 Å². The van der Waals surface area contributed by atoms with Crippen LogP contribution in [0.5, 0.6) is 0 Å². The van der Waals surface area contributed by atoms with Crippen molar-refractivity contribution in [2.45, 2.75) is 10.1 Å². The van der Waals surface area contributed by atoms with Crippen LogP contribution in [0, 0.1) is 5.82 Å². The maximum Gasteiger partial charge on any atom is 0.317 e. The third kappa shape index (κ3) is 4.49. The summed E-state index contributed by atoms with van der Waals surface area (Å²) in [5.41, 5.74) is 6.55. The highest BCUT2D eigenvalue weighted by Crippen LogP contribution is 2.43. The number of aliphatic hydroxyl groups is 1. The van der Waals surface area contributed by atoms with E-state index in [2.05, 4.69) is 26.6 Å². The highest BCUT2D eigenvalue weighted by atomic mass is 79.9. The van der Waals surface area contributed by atoms with Crippen molar-refractivity contribution < 1.29 is 23.8 Å². The van der Waals surface area contributed by atoms with Crippen LogP contribution in [0.3, 0.4) is 0 Å². The minimum atomic E-state index is -1.94. The molecule has 2 aromatic carbocycles. The van der Waals surface area contributed by atoms with Gasteiger partial charge in [-0.3, -0.25) is 4.79 Å². The fourth-order valence-electron chi connectivity index (χ4n) is 3.18. The Balaban J connectivity index is 2.03. The van der Waals surface area contributed by atoms with Gasteiger partial charge in [0, 0.05) is 18.4 Å². The van der Waals surface area contributed by atoms with E-state index in [4.69, 9.17) is 22.7 Å². The number of nitrogens with one attached hydrogen (secondary N) is 2. The largest absolute Gasteiger partial charge is 0.361 e. The Morgan fingerprint density at radius 3 is 2.50 bits per heavy atom. The number of allylic oxidation sites excluding steroid dienone is 2. The molecule has 0 saturated carbocycles. The summed E-state index contributed by atoms with van der Waals surface area (Å²) in [6.45, 7) is 0. The molecule has 2 aromatic rings. The summed E-state index contributed by atoms with van der Waals surface area (Å²) >= 11 is 8.66. The quantitative estimate of drug-likeness (QED) is 0.274. The van der Waals surface area contributed by atoms with E-state index in [-0.39, 0.29) is 10.6 Å². The molecular weight excluding hydrogens is 501 g/mol. The second-order valence-corrected chi connectivity index (χ2v) is 8.50. The van der Waals surface area contributed by atoms with Crippen LogP contribution < -0.4 is 16.4 Å². The molecule has 10 heteroatoms. The number of amides is 3. The predicted octanol–water partition coefficient (Wildman–Crippen LogP) is 3.50. The van der Waals surface area contributed by atoms with Crippen LogP contribution >= 0.6 is 28.1 Å². The number of methoxy groups -OCH3 is 1. The van der Waals surface area contributed by atoms with Gasteiger partial charge in [-0.2, -0.15) is 0 Å². The number of nitrogens with two attached hydrogens (primary N) is 1. The fourth-order valence-corrected chi connectivity index (χ4v) is 4.13. The number of ether oxygens (including phenoxy) is 1. The Labute approximate surface area is 197 Å². The lowest BCUT2D eigenvalue weighted by Crippen LogP contribution is -2.59. The smallest absolute Gasteiger partial charge is 0.317 e. The van der Waals surface area contributed by atoms with Crippen LogP contribution in [0.2, 0.25) is 0 Å². The van der Waals surface area contributed by atoms with Gasteiger partial charge in [0.25, 0.3) is 5.91 Å². The van der Waals surface area contributed by atoms with Gasteiger partial charge in [0.05, 0.1) is 5.56 Å². The normalized spacial score (nSPS) is 22.1. The molecule has 5 N–H and O–H groups in total. The molecule has 0 radical (unpaired) electrons. The first-order valence-electron chi connectivity index (χ1n) is 9.26. The summed E-state index contributed by atoms with van der Waals surface area (Å²) in [7, 11) is 1.27. The Hall–Kier alpha value is -2.92. The predicted molar refractivity (Wildman–Crippen MR) is 127 cm³/mol. The summed E-state index contributed by atoms with van der Waals surface area (Å²) in [5.74, 6) is -3.21. The molecule has 0 spiro atoms. The van der Waals surface area contributed by atoms with Gasteiger partial charge >= 0.3 is 6.03 Å². The first-order valence-corrected chi connectivity index (χ1v) is 10.5. The number of carbonyl (C=O) groups is 2. The number of alkyl halides is 1. The zero-order valence-electron chi connectivity index (χ0n) is 16.8. The number of carbonyl (C=O) groups excluding carboxylic acids is 2. The van der Waals surface area contributed by atoms with E-state index in [1.165, 1.54) is 37.5 Å². The van der Waals surface area contributed by atoms with E-state index in [1.54, 1.807) is 36.4 Å². The van der Waals surface area contributed by atoms with Gasteiger partial charge in [-0.25, -0.2) is 9.18 Å². The van der Waals surface area contributed by atoms with Gasteiger partial charge < -0.3 is 26.2 Å². The van der Waals surface area contributed by atoms with Crippen molar-refractivity contribution in [3.8, 4) is 0 Å². The van der Waals surface area contributed by atoms with Crippen LogP contribution in [-0.4, -0.2) is 39.3 Å². The van der Waals surface area contributed by atoms with Crippen molar-refractivity contribution in [1.29, 1.82) is 0 Å². The highest BCUT2D eigenvalue weighted by Gasteiger charge is 2.52. The van der Waals surface area contributed by atoms with Crippen LogP contribution in [0.15, 0.2) is 66.8 Å². The number of benzene rings is 2. The third-order valence-corrected chi connectivity index (χ3v) is 6.73. The van der Waals surface area contributed by atoms with E-state index >= 15 is 0 Å². The number of anilines is 1. The molecule has 2 atom stereocenters. The molecule has 0 aliphatic heterocycles. The Kier molecular flexibility index (Phi) is 6.89. The van der Waals surface area contributed by atoms with Crippen LogP contribution in [0.4, 0.5) is 14.9 Å². The van der Waals surface area contributed by atoms with E-state index in [0.717, 1.165) is 0 Å². The summed E-state index contributed by atoms with van der Waals surface area (Å²) in [6, 6.07) is 11.6. The molecule has 1 aliphatic rings. The number of primary amides is 1. The standard InChI is InChI=1S/C22H19BrFN3O4S/c1-31-22(30)11-10-13(12-21(22,23)19(32)27-20(25)29)14-6-3-5-9-17(14)26-18(28)15-7-2-4-8-16(15)24/h2-12,30H,1H3,(H,26,28)(H3,25,27,29,32). The molecule has 2 unspecified atom stereocenters. The van der Waals surface area contributed by atoms with Crippen LogP contribution in [-0.2, 0) is 4.74 Å². The summed E-state index contributed by atoms with van der Waals surface area (Å²) in [4.78, 5) is 23.8. The van der Waals surface area contributed by atoms with Crippen LogP contribution in [0.1, 0.15) is 15.9 Å². The number of rotatable bonds is 5. The van der Waals surface area contributed by atoms with Gasteiger partial charge in [-0.1, -0.05) is 64.6 Å². The molecule has 166 valence electrons. The summed E-state index contributed by atoms with van der Waals surface area (Å²) in [5, 5.41) is 15.9. The number of halogens is 2. The van der Waals surface area contributed by atoms with Crippen molar-refractivity contribution >= 4 is 56.3 Å². The number of urea groups is 1. The number of hydrogen-bond donors (Lipinski definition) is 4. The van der Waals surface area contributed by atoms with Gasteiger partial charge in [0.2, 0.25) is 5.79 Å². The zero-order chi connectivity index (χ0) is 23.5. The number of hydrogen-bond acceptors (Lipinski definition) is 5. The number of para-hydroxylation sites is 1. The van der Waals surface area contributed by atoms with E-state index < -0.39 is 27.9 Å². The van der Waals surface area contributed by atoms with Gasteiger partial charge in [-0.05, 0) is 35.9 Å². The number of thiocarbonyl (C=S) groups is 1. The van der Waals surface area contributed by atoms with E-state index in [1.807, 2.05) is 0 Å². The minimum Gasteiger partial charge on any atom is -0.361 e. The average Bonchev–Trinajstić information content (AvgIpc) is 2.76. The maximum absolute atomic E-state index is 14.0. The minimum absolute atomic E-state index is 0.106.